The van der Waals surface area contributed by atoms with Crippen LogP contribution in [-0.2, 0) is 0 Å². The summed E-state index contributed by atoms with van der Waals surface area (Å²) in [4.78, 5) is 0. The first-order valence-corrected chi connectivity index (χ1v) is 5.84. The Bertz CT molecular complexity index is 251. The van der Waals surface area contributed by atoms with Crippen LogP contribution in [0, 0.1) is 0 Å². The summed E-state index contributed by atoms with van der Waals surface area (Å²) in [5.41, 5.74) is 3.14. The topological polar surface area (TPSA) is 15.3 Å². The lowest BCUT2D eigenvalue weighted by Crippen LogP contribution is -2.30. The number of nitrogens with one attached hydrogen (secondary N) is 1. The van der Waals surface area contributed by atoms with Gasteiger partial charge >= 0.3 is 0 Å². The van der Waals surface area contributed by atoms with Gasteiger partial charge in [-0.2, -0.15) is 0 Å². The summed E-state index contributed by atoms with van der Waals surface area (Å²) in [6.07, 6.45) is 5.69. The Morgan fingerprint density at radius 2 is 2.43 bits per heavy atom. The Morgan fingerprint density at radius 3 is 3.21 bits per heavy atom. The van der Waals surface area contributed by atoms with Crippen molar-refractivity contribution in [1.29, 1.82) is 0 Å². The monoisotopic (exact) mass is 232 g/mol. The molecule has 0 atom stereocenters. The molecule has 2 rings (SSSR count). The zero-order chi connectivity index (χ0) is 9.10. The minimum atomic E-state index is 0. The molecular weight excluding hydrogens is 216 g/mol. The number of halogens is 1. The van der Waals surface area contributed by atoms with Crippen LogP contribution in [0.4, 0.5) is 0 Å². The van der Waals surface area contributed by atoms with Gasteiger partial charge < -0.3 is 9.62 Å². The van der Waals surface area contributed by atoms with Crippen molar-refractivity contribution >= 4 is 24.4 Å². The molecule has 0 aromatic carbocycles. The van der Waals surface area contributed by atoms with Crippen LogP contribution in [0.3, 0.4) is 0 Å². The van der Waals surface area contributed by atoms with E-state index < -0.39 is 0 Å². The second-order valence-electron chi connectivity index (χ2n) is 3.36. The fraction of sp³-hybridized carbons (Fsp3) is 0.600. The second kappa shape index (κ2) is 5.69. The first-order chi connectivity index (χ1) is 6.40. The Hall–Kier alpha value is -0.120. The molecule has 2 heterocycles. The highest BCUT2D eigenvalue weighted by Crippen LogP contribution is 2.24. The van der Waals surface area contributed by atoms with Gasteiger partial charge in [-0.15, -0.1) is 12.4 Å². The molecule has 0 radical (unpaired) electrons. The van der Waals surface area contributed by atoms with Crippen molar-refractivity contribution in [3.8, 4) is 0 Å². The van der Waals surface area contributed by atoms with Gasteiger partial charge in [0.2, 0.25) is 0 Å². The summed E-state index contributed by atoms with van der Waals surface area (Å²) in [7, 11) is 0. The molecule has 0 fully saturated rings. The predicted octanol–water partition coefficient (Wildman–Crippen LogP) is 2.20. The molecule has 0 aliphatic carbocycles. The van der Waals surface area contributed by atoms with E-state index in [1.54, 1.807) is 5.57 Å². The molecule has 4 heteroatoms. The summed E-state index contributed by atoms with van der Waals surface area (Å²) >= 11 is 1.90. The summed E-state index contributed by atoms with van der Waals surface area (Å²) < 4.78 is 2.34. The number of hydrogen-bond donors (Lipinski definition) is 1. The Morgan fingerprint density at radius 1 is 1.57 bits per heavy atom. The lowest BCUT2D eigenvalue weighted by molar-refractivity contribution is 0.589. The van der Waals surface area contributed by atoms with Crippen molar-refractivity contribution in [3.63, 3.8) is 0 Å². The third-order valence-corrected chi connectivity index (χ3v) is 3.30. The van der Waals surface area contributed by atoms with Crippen molar-refractivity contribution in [1.82, 2.24) is 9.62 Å². The minimum Gasteiger partial charge on any atom is -0.319 e. The van der Waals surface area contributed by atoms with Crippen molar-refractivity contribution in [2.45, 2.75) is 13.3 Å². The summed E-state index contributed by atoms with van der Waals surface area (Å²) in [6, 6.07) is 0. The van der Waals surface area contributed by atoms with Gasteiger partial charge in [0.15, 0.2) is 0 Å². The zero-order valence-electron chi connectivity index (χ0n) is 8.45. The average Bonchev–Trinajstić information content (AvgIpc) is 2.18. The lowest BCUT2D eigenvalue weighted by atomic mass is 10.00. The van der Waals surface area contributed by atoms with Crippen LogP contribution in [0.1, 0.15) is 13.3 Å². The van der Waals surface area contributed by atoms with Crippen LogP contribution in [-0.4, -0.2) is 29.7 Å². The minimum absolute atomic E-state index is 0. The molecule has 1 N–H and O–H groups in total. The molecule has 2 aliphatic rings. The molecule has 2 nitrogen and oxygen atoms in total. The maximum Gasteiger partial charge on any atom is 0.0505 e. The van der Waals surface area contributed by atoms with E-state index in [4.69, 9.17) is 0 Å². The van der Waals surface area contributed by atoms with Gasteiger partial charge in [-0.1, -0.05) is 18.9 Å². The van der Waals surface area contributed by atoms with E-state index in [1.165, 1.54) is 12.0 Å². The molecule has 14 heavy (non-hydrogen) atoms. The first-order valence-electron chi connectivity index (χ1n) is 4.89. The van der Waals surface area contributed by atoms with Gasteiger partial charge in [0, 0.05) is 18.5 Å². The zero-order valence-corrected chi connectivity index (χ0v) is 10.1. The molecule has 0 bridgehead atoms. The van der Waals surface area contributed by atoms with Crippen molar-refractivity contribution < 1.29 is 0 Å². The second-order valence-corrected chi connectivity index (χ2v) is 4.67. The van der Waals surface area contributed by atoms with Crippen molar-refractivity contribution in [3.05, 3.63) is 23.4 Å². The van der Waals surface area contributed by atoms with Gasteiger partial charge in [0.05, 0.1) is 6.54 Å². The lowest BCUT2D eigenvalue weighted by Gasteiger charge is -2.29. The van der Waals surface area contributed by atoms with E-state index in [0.29, 0.717) is 0 Å². The molecular formula is C10H17ClN2S. The standard InChI is InChI=1S/C10H16N2S.ClH/c1-2-13-12-6-4-9-7-11-5-3-10(9)8-12;/h4,6,11H,2-3,5,7-8H2,1H3;1H. The fourth-order valence-corrected chi connectivity index (χ4v) is 2.50. The van der Waals surface area contributed by atoms with Gasteiger partial charge in [-0.05, 0) is 30.2 Å². The Labute approximate surface area is 96.4 Å². The molecule has 0 amide bonds. The maximum atomic E-state index is 3.40. The molecule has 0 spiro atoms. The van der Waals surface area contributed by atoms with Crippen LogP contribution in [0.5, 0.6) is 0 Å². The summed E-state index contributed by atoms with van der Waals surface area (Å²) in [6.45, 7) is 5.55. The summed E-state index contributed by atoms with van der Waals surface area (Å²) in [5.74, 6) is 1.16. The number of hydrogen-bond acceptors (Lipinski definition) is 3. The molecule has 0 aromatic rings. The van der Waals surface area contributed by atoms with Crippen LogP contribution in [0.2, 0.25) is 0 Å². The predicted molar refractivity (Wildman–Crippen MR) is 65.7 cm³/mol. The highest BCUT2D eigenvalue weighted by molar-refractivity contribution is 7.97. The molecule has 2 aliphatic heterocycles. The number of rotatable bonds is 2. The third kappa shape index (κ3) is 2.69. The Balaban J connectivity index is 0.000000980. The fourth-order valence-electron chi connectivity index (χ4n) is 1.77. The Kier molecular flexibility index (Phi) is 4.85. The van der Waals surface area contributed by atoms with E-state index in [1.807, 2.05) is 11.9 Å². The van der Waals surface area contributed by atoms with E-state index in [-0.39, 0.29) is 12.4 Å². The van der Waals surface area contributed by atoms with Gasteiger partial charge in [0.25, 0.3) is 0 Å². The van der Waals surface area contributed by atoms with Gasteiger partial charge in [0.1, 0.15) is 0 Å². The average molecular weight is 233 g/mol. The van der Waals surface area contributed by atoms with Crippen molar-refractivity contribution in [2.75, 3.05) is 25.4 Å². The van der Waals surface area contributed by atoms with E-state index in [0.717, 1.165) is 25.4 Å². The molecule has 0 saturated carbocycles. The molecule has 0 saturated heterocycles. The van der Waals surface area contributed by atoms with Crippen LogP contribution in [0.25, 0.3) is 0 Å². The van der Waals surface area contributed by atoms with Gasteiger partial charge in [-0.25, -0.2) is 0 Å². The maximum absolute atomic E-state index is 3.40. The van der Waals surface area contributed by atoms with Crippen LogP contribution < -0.4 is 5.32 Å². The third-order valence-electron chi connectivity index (χ3n) is 2.46. The summed E-state index contributed by atoms with van der Waals surface area (Å²) in [5, 5.41) is 3.40. The van der Waals surface area contributed by atoms with E-state index >= 15 is 0 Å². The van der Waals surface area contributed by atoms with Gasteiger partial charge in [-0.3, -0.25) is 0 Å². The molecule has 80 valence electrons. The SMILES string of the molecule is CCSN1C=CC2=C(CCNC2)C1.Cl. The largest absolute Gasteiger partial charge is 0.319 e. The van der Waals surface area contributed by atoms with Crippen LogP contribution >= 0.6 is 24.4 Å². The van der Waals surface area contributed by atoms with Crippen LogP contribution in [0.15, 0.2) is 23.4 Å². The number of nitrogens with zero attached hydrogens (tertiary/aromatic N) is 1. The van der Waals surface area contributed by atoms with E-state index in [9.17, 15) is 0 Å². The molecule has 0 aromatic heterocycles. The molecule has 0 unspecified atom stereocenters. The highest BCUT2D eigenvalue weighted by atomic mass is 35.5. The first kappa shape index (κ1) is 12.0. The quantitative estimate of drug-likeness (QED) is 0.735. The van der Waals surface area contributed by atoms with Crippen molar-refractivity contribution in [2.24, 2.45) is 0 Å². The highest BCUT2D eigenvalue weighted by Gasteiger charge is 2.15. The van der Waals surface area contributed by atoms with E-state index in [2.05, 4.69) is 28.8 Å². The smallest absolute Gasteiger partial charge is 0.0505 e. The normalized spacial score (nSPS) is 20.5.